The van der Waals surface area contributed by atoms with Gasteiger partial charge in [-0.3, -0.25) is 5.32 Å². The molecule has 1 aromatic carbocycles. The van der Waals surface area contributed by atoms with Gasteiger partial charge in [0.05, 0.1) is 0 Å². The average Bonchev–Trinajstić information content (AvgIpc) is 2.27. The van der Waals surface area contributed by atoms with Crippen LogP contribution < -0.4 is 5.32 Å². The lowest BCUT2D eigenvalue weighted by Crippen LogP contribution is -2.29. The Balaban J connectivity index is 2.90. The Morgan fingerprint density at radius 1 is 1.21 bits per heavy atom. The molecular weight excluding hydrogens is 238 g/mol. The third-order valence-electron chi connectivity index (χ3n) is 2.67. The summed E-state index contributed by atoms with van der Waals surface area (Å²) >= 11 is 0. The lowest BCUT2D eigenvalue weighted by Gasteiger charge is -2.24. The molecule has 102 valence electrons. The molecule has 0 unspecified atom stereocenters. The van der Waals surface area contributed by atoms with E-state index >= 15 is 0 Å². The van der Waals surface area contributed by atoms with Crippen LogP contribution in [0.4, 0.5) is 10.5 Å². The molecule has 0 fully saturated rings. The number of carbonyl (C=O) groups is 1. The zero-order valence-electron chi connectivity index (χ0n) is 12.2. The van der Waals surface area contributed by atoms with Gasteiger partial charge in [0.1, 0.15) is 0 Å². The maximum absolute atomic E-state index is 11.8. The molecule has 0 radical (unpaired) electrons. The van der Waals surface area contributed by atoms with E-state index < -0.39 is 11.7 Å². The summed E-state index contributed by atoms with van der Waals surface area (Å²) in [4.78, 5) is 11.8. The van der Waals surface area contributed by atoms with Gasteiger partial charge in [-0.15, -0.1) is 6.42 Å². The Morgan fingerprint density at radius 2 is 1.79 bits per heavy atom. The van der Waals surface area contributed by atoms with Crippen LogP contribution in [0.25, 0.3) is 0 Å². The Kier molecular flexibility index (Phi) is 4.26. The summed E-state index contributed by atoms with van der Waals surface area (Å²) in [6, 6.07) is 7.66. The minimum absolute atomic E-state index is 0.0640. The van der Waals surface area contributed by atoms with Gasteiger partial charge in [-0.1, -0.05) is 44.9 Å². The second-order valence-electron chi connectivity index (χ2n) is 5.96. The largest absolute Gasteiger partial charge is 0.430 e. The molecule has 1 N–H and O–H groups in total. The van der Waals surface area contributed by atoms with E-state index in [9.17, 15) is 4.79 Å². The number of nitrogens with one attached hydrogen (secondary N) is 1. The molecule has 3 heteroatoms. The third-order valence-corrected chi connectivity index (χ3v) is 2.67. The molecule has 0 aliphatic rings. The van der Waals surface area contributed by atoms with Crippen molar-refractivity contribution in [3.8, 4) is 12.3 Å². The zero-order valence-corrected chi connectivity index (χ0v) is 12.2. The summed E-state index contributed by atoms with van der Waals surface area (Å²) in [5.74, 6) is 2.42. The van der Waals surface area contributed by atoms with Gasteiger partial charge in [0.2, 0.25) is 0 Å². The number of anilines is 1. The van der Waals surface area contributed by atoms with Crippen molar-refractivity contribution >= 4 is 11.8 Å². The number of rotatable bonds is 2. The van der Waals surface area contributed by atoms with Crippen LogP contribution in [0.15, 0.2) is 24.3 Å². The molecule has 0 bridgehead atoms. The van der Waals surface area contributed by atoms with Crippen molar-refractivity contribution in [3.63, 3.8) is 0 Å². The number of hydrogen-bond donors (Lipinski definition) is 1. The van der Waals surface area contributed by atoms with Gasteiger partial charge in [0, 0.05) is 5.69 Å². The second-order valence-corrected chi connectivity index (χ2v) is 5.96. The van der Waals surface area contributed by atoms with E-state index in [0.29, 0.717) is 0 Å². The SMILES string of the molecule is C#CC(C)(C)OC(=O)Nc1ccccc1C(C)(C)C. The summed E-state index contributed by atoms with van der Waals surface area (Å²) in [6.07, 6.45) is 4.75. The van der Waals surface area contributed by atoms with Crippen LogP contribution in [-0.2, 0) is 10.2 Å². The van der Waals surface area contributed by atoms with Crippen LogP contribution in [0.5, 0.6) is 0 Å². The molecule has 1 aromatic rings. The summed E-state index contributed by atoms with van der Waals surface area (Å²) in [5.41, 5.74) is 0.810. The van der Waals surface area contributed by atoms with Crippen molar-refractivity contribution in [2.45, 2.75) is 45.6 Å². The van der Waals surface area contributed by atoms with E-state index in [4.69, 9.17) is 11.2 Å². The van der Waals surface area contributed by atoms with Gasteiger partial charge < -0.3 is 4.74 Å². The highest BCUT2D eigenvalue weighted by Gasteiger charge is 2.22. The van der Waals surface area contributed by atoms with Gasteiger partial charge in [-0.25, -0.2) is 4.79 Å². The first-order chi connectivity index (χ1) is 8.65. The molecule has 0 atom stereocenters. The van der Waals surface area contributed by atoms with Gasteiger partial charge in [0.15, 0.2) is 5.60 Å². The van der Waals surface area contributed by atoms with Crippen LogP contribution >= 0.6 is 0 Å². The fraction of sp³-hybridized carbons (Fsp3) is 0.438. The first-order valence-electron chi connectivity index (χ1n) is 6.23. The van der Waals surface area contributed by atoms with E-state index in [2.05, 4.69) is 32.0 Å². The number of amides is 1. The monoisotopic (exact) mass is 259 g/mol. The Labute approximate surface area is 115 Å². The number of ether oxygens (including phenoxy) is 1. The number of terminal acetylenes is 1. The van der Waals surface area contributed by atoms with Crippen molar-refractivity contribution in [1.82, 2.24) is 0 Å². The predicted octanol–water partition coefficient (Wildman–Crippen LogP) is 3.94. The van der Waals surface area contributed by atoms with E-state index in [1.807, 2.05) is 24.3 Å². The van der Waals surface area contributed by atoms with E-state index in [0.717, 1.165) is 11.3 Å². The van der Waals surface area contributed by atoms with E-state index in [1.165, 1.54) is 0 Å². The quantitative estimate of drug-likeness (QED) is 0.817. The van der Waals surface area contributed by atoms with Gasteiger partial charge in [-0.2, -0.15) is 0 Å². The van der Waals surface area contributed by atoms with Gasteiger partial charge in [-0.05, 0) is 30.9 Å². The Morgan fingerprint density at radius 3 is 2.32 bits per heavy atom. The maximum Gasteiger partial charge on any atom is 0.413 e. The van der Waals surface area contributed by atoms with Gasteiger partial charge in [0.25, 0.3) is 0 Å². The molecule has 0 saturated heterocycles. The molecule has 0 aromatic heterocycles. The predicted molar refractivity (Wildman–Crippen MR) is 78.2 cm³/mol. The Hall–Kier alpha value is -1.95. The van der Waals surface area contributed by atoms with Crippen LogP contribution in [0, 0.1) is 12.3 Å². The molecule has 0 aliphatic carbocycles. The molecule has 0 saturated carbocycles. The number of hydrogen-bond acceptors (Lipinski definition) is 2. The molecule has 1 amide bonds. The molecule has 19 heavy (non-hydrogen) atoms. The van der Waals surface area contributed by atoms with Crippen molar-refractivity contribution < 1.29 is 9.53 Å². The number of carbonyl (C=O) groups excluding carboxylic acids is 1. The van der Waals surface area contributed by atoms with E-state index in [1.54, 1.807) is 13.8 Å². The smallest absolute Gasteiger partial charge is 0.413 e. The van der Waals surface area contributed by atoms with Crippen molar-refractivity contribution in [3.05, 3.63) is 29.8 Å². The minimum atomic E-state index is -0.916. The fourth-order valence-electron chi connectivity index (χ4n) is 1.64. The van der Waals surface area contributed by atoms with Crippen molar-refractivity contribution in [1.29, 1.82) is 0 Å². The number of para-hydroxylation sites is 1. The minimum Gasteiger partial charge on any atom is -0.430 e. The van der Waals surface area contributed by atoms with E-state index in [-0.39, 0.29) is 5.41 Å². The summed E-state index contributed by atoms with van der Waals surface area (Å²) < 4.78 is 5.17. The maximum atomic E-state index is 11.8. The third kappa shape index (κ3) is 4.33. The van der Waals surface area contributed by atoms with Gasteiger partial charge >= 0.3 is 6.09 Å². The van der Waals surface area contributed by atoms with Crippen LogP contribution in [0.3, 0.4) is 0 Å². The molecule has 0 heterocycles. The van der Waals surface area contributed by atoms with Crippen LogP contribution in [0.1, 0.15) is 40.2 Å². The lowest BCUT2D eigenvalue weighted by molar-refractivity contribution is 0.0906. The van der Waals surface area contributed by atoms with Crippen molar-refractivity contribution in [2.24, 2.45) is 0 Å². The molecular formula is C16H21NO2. The highest BCUT2D eigenvalue weighted by atomic mass is 16.6. The normalized spacial score (nSPS) is 11.6. The van der Waals surface area contributed by atoms with Crippen molar-refractivity contribution in [2.75, 3.05) is 5.32 Å². The first-order valence-corrected chi connectivity index (χ1v) is 6.23. The highest BCUT2D eigenvalue weighted by Crippen LogP contribution is 2.29. The summed E-state index contributed by atoms with van der Waals surface area (Å²) in [5, 5.41) is 2.75. The fourth-order valence-corrected chi connectivity index (χ4v) is 1.64. The standard InChI is InChI=1S/C16H21NO2/c1-7-16(5,6)19-14(18)17-13-11-9-8-10-12(13)15(2,3)4/h1,8-11H,2-6H3,(H,17,18). The average molecular weight is 259 g/mol. The summed E-state index contributed by atoms with van der Waals surface area (Å²) in [7, 11) is 0. The topological polar surface area (TPSA) is 38.3 Å². The molecule has 1 rings (SSSR count). The second kappa shape index (κ2) is 5.36. The molecule has 3 nitrogen and oxygen atoms in total. The van der Waals surface area contributed by atoms with Crippen LogP contribution in [0.2, 0.25) is 0 Å². The molecule has 0 spiro atoms. The lowest BCUT2D eigenvalue weighted by atomic mass is 9.86. The van der Waals surface area contributed by atoms with Crippen LogP contribution in [-0.4, -0.2) is 11.7 Å². The molecule has 0 aliphatic heterocycles. The Bertz CT molecular complexity index is 504. The zero-order chi connectivity index (χ0) is 14.7. The number of benzene rings is 1. The highest BCUT2D eigenvalue weighted by molar-refractivity contribution is 5.86. The summed E-state index contributed by atoms with van der Waals surface area (Å²) in [6.45, 7) is 9.60. The first kappa shape index (κ1) is 15.1.